The van der Waals surface area contributed by atoms with Crippen LogP contribution in [0.25, 0.3) is 0 Å². The second-order valence-corrected chi connectivity index (χ2v) is 7.74. The number of hydroxylamine groups is 1. The van der Waals surface area contributed by atoms with E-state index in [1.165, 1.54) is 24.0 Å². The largest absolute Gasteiger partial charge is 0.324 e. The number of rotatable bonds is 5. The minimum absolute atomic E-state index is 0.104. The standard InChI is InChI=1S/C23H23N5O/c24-14-19-15-25-23(26-20-10-8-17(9-11-20)16-6-7-16)27-22(19)28-21(12-13-29-28)18-4-2-1-3-5-18/h1-2,4,8-11,15-16,21H,3,5-7,12-13H2,(H,25,26,27). The summed E-state index contributed by atoms with van der Waals surface area (Å²) in [7, 11) is 0. The minimum atomic E-state index is 0.104. The van der Waals surface area contributed by atoms with Crippen LogP contribution in [0.15, 0.2) is 54.3 Å². The zero-order chi connectivity index (χ0) is 19.6. The van der Waals surface area contributed by atoms with E-state index in [-0.39, 0.29) is 6.04 Å². The Morgan fingerprint density at radius 1 is 1.17 bits per heavy atom. The van der Waals surface area contributed by atoms with Crippen molar-refractivity contribution in [3.63, 3.8) is 0 Å². The maximum atomic E-state index is 9.59. The molecule has 3 aliphatic rings. The van der Waals surface area contributed by atoms with Gasteiger partial charge >= 0.3 is 0 Å². The Kier molecular flexibility index (Phi) is 4.74. The van der Waals surface area contributed by atoms with Gasteiger partial charge in [0.2, 0.25) is 5.95 Å². The van der Waals surface area contributed by atoms with Crippen LogP contribution >= 0.6 is 0 Å². The Labute approximate surface area is 170 Å². The average molecular weight is 385 g/mol. The number of hydrogen-bond donors (Lipinski definition) is 1. The van der Waals surface area contributed by atoms with Gasteiger partial charge in [0.05, 0.1) is 18.8 Å². The van der Waals surface area contributed by atoms with Gasteiger partial charge in [-0.3, -0.25) is 4.84 Å². The van der Waals surface area contributed by atoms with E-state index >= 15 is 0 Å². The topological polar surface area (TPSA) is 74.1 Å². The molecule has 1 atom stereocenters. The van der Waals surface area contributed by atoms with Crippen LogP contribution in [0.4, 0.5) is 17.5 Å². The van der Waals surface area contributed by atoms with E-state index in [0.29, 0.717) is 23.9 Å². The smallest absolute Gasteiger partial charge is 0.229 e. The van der Waals surface area contributed by atoms with E-state index in [1.54, 1.807) is 11.3 Å². The molecule has 0 amide bonds. The monoisotopic (exact) mass is 385 g/mol. The number of aromatic nitrogens is 2. The number of nitrogens with one attached hydrogen (secondary N) is 1. The van der Waals surface area contributed by atoms with Gasteiger partial charge < -0.3 is 5.32 Å². The van der Waals surface area contributed by atoms with Crippen molar-refractivity contribution in [2.75, 3.05) is 17.0 Å². The van der Waals surface area contributed by atoms with Crippen LogP contribution < -0.4 is 10.4 Å². The quantitative estimate of drug-likeness (QED) is 0.800. The highest BCUT2D eigenvalue weighted by atomic mass is 16.7. The van der Waals surface area contributed by atoms with Crippen LogP contribution in [-0.2, 0) is 4.84 Å². The summed E-state index contributed by atoms with van der Waals surface area (Å²) in [6, 6.07) is 10.7. The fourth-order valence-electron chi connectivity index (χ4n) is 3.98. The van der Waals surface area contributed by atoms with Crippen molar-refractivity contribution in [2.45, 2.75) is 44.1 Å². The van der Waals surface area contributed by atoms with Crippen molar-refractivity contribution < 1.29 is 4.84 Å². The van der Waals surface area contributed by atoms with Crippen LogP contribution in [0.1, 0.15) is 49.1 Å². The number of allylic oxidation sites excluding steroid dienone is 3. The first-order valence-corrected chi connectivity index (χ1v) is 10.2. The van der Waals surface area contributed by atoms with Crippen molar-refractivity contribution in [3.05, 3.63) is 65.4 Å². The van der Waals surface area contributed by atoms with E-state index in [9.17, 15) is 5.26 Å². The molecular formula is C23H23N5O. The van der Waals surface area contributed by atoms with E-state index in [0.717, 1.165) is 30.9 Å². The van der Waals surface area contributed by atoms with Crippen molar-refractivity contribution in [1.82, 2.24) is 9.97 Å². The fraction of sp³-hybridized carbons (Fsp3) is 0.348. The molecule has 1 saturated heterocycles. The van der Waals surface area contributed by atoms with Gasteiger partial charge in [-0.2, -0.15) is 10.2 Å². The first-order chi connectivity index (χ1) is 14.3. The van der Waals surface area contributed by atoms with Gasteiger partial charge in [-0.15, -0.1) is 0 Å². The lowest BCUT2D eigenvalue weighted by molar-refractivity contribution is 0.159. The Balaban J connectivity index is 1.41. The van der Waals surface area contributed by atoms with Crippen LogP contribution in [0.2, 0.25) is 0 Å². The predicted molar refractivity (Wildman–Crippen MR) is 112 cm³/mol. The second-order valence-electron chi connectivity index (χ2n) is 7.74. The van der Waals surface area contributed by atoms with Crippen molar-refractivity contribution in [2.24, 2.45) is 0 Å². The maximum absolute atomic E-state index is 9.59. The average Bonchev–Trinajstić information content (AvgIpc) is 3.51. The molecule has 1 N–H and O–H groups in total. The highest BCUT2D eigenvalue weighted by Gasteiger charge is 2.32. The lowest BCUT2D eigenvalue weighted by Gasteiger charge is -2.27. The number of nitrogens with zero attached hydrogens (tertiary/aromatic N) is 4. The summed E-state index contributed by atoms with van der Waals surface area (Å²) in [5.41, 5.74) is 4.06. The molecule has 2 aromatic rings. The first-order valence-electron chi connectivity index (χ1n) is 10.2. The molecule has 2 fully saturated rings. The predicted octanol–water partition coefficient (Wildman–Crippen LogP) is 4.76. The molecule has 5 rings (SSSR count). The van der Waals surface area contributed by atoms with E-state index < -0.39 is 0 Å². The Hall–Kier alpha value is -3.17. The zero-order valence-corrected chi connectivity index (χ0v) is 16.2. The van der Waals surface area contributed by atoms with Crippen molar-refractivity contribution >= 4 is 17.5 Å². The van der Waals surface area contributed by atoms with Crippen LogP contribution in [0, 0.1) is 11.3 Å². The zero-order valence-electron chi connectivity index (χ0n) is 16.2. The third-order valence-electron chi connectivity index (χ3n) is 5.69. The lowest BCUT2D eigenvalue weighted by Crippen LogP contribution is -2.31. The number of hydrogen-bond acceptors (Lipinski definition) is 6. The summed E-state index contributed by atoms with van der Waals surface area (Å²) >= 11 is 0. The van der Waals surface area contributed by atoms with E-state index in [4.69, 9.17) is 4.84 Å². The van der Waals surface area contributed by atoms with Gasteiger partial charge in [-0.05, 0) is 54.9 Å². The Bertz CT molecular complexity index is 1000. The van der Waals surface area contributed by atoms with Crippen molar-refractivity contribution in [1.29, 1.82) is 5.26 Å². The van der Waals surface area contributed by atoms with Crippen LogP contribution in [0.5, 0.6) is 0 Å². The third kappa shape index (κ3) is 3.74. The molecule has 2 aliphatic carbocycles. The molecule has 1 saturated carbocycles. The highest BCUT2D eigenvalue weighted by molar-refractivity contribution is 5.60. The second kappa shape index (κ2) is 7.69. The summed E-state index contributed by atoms with van der Waals surface area (Å²) < 4.78 is 0. The van der Waals surface area contributed by atoms with Crippen molar-refractivity contribution in [3.8, 4) is 6.07 Å². The number of nitriles is 1. The van der Waals surface area contributed by atoms with Gasteiger partial charge in [0, 0.05) is 12.1 Å². The van der Waals surface area contributed by atoms with Gasteiger partial charge in [0.25, 0.3) is 0 Å². The van der Waals surface area contributed by atoms with Gasteiger partial charge in [0.1, 0.15) is 11.6 Å². The molecule has 1 unspecified atom stereocenters. The summed E-state index contributed by atoms with van der Waals surface area (Å²) in [5, 5.41) is 14.6. The van der Waals surface area contributed by atoms with Gasteiger partial charge in [-0.25, -0.2) is 10.0 Å². The van der Waals surface area contributed by atoms with Gasteiger partial charge in [-0.1, -0.05) is 30.4 Å². The molecule has 1 aliphatic heterocycles. The Morgan fingerprint density at radius 2 is 2.03 bits per heavy atom. The molecule has 2 heterocycles. The molecule has 0 radical (unpaired) electrons. The van der Waals surface area contributed by atoms with E-state index in [1.807, 2.05) is 0 Å². The highest BCUT2D eigenvalue weighted by Crippen LogP contribution is 2.40. The SMILES string of the molecule is N#Cc1cnc(Nc2ccc(C3CC3)cc2)nc1N1OCCC1C1=CC=CCC1. The molecule has 1 aromatic heterocycles. The molecule has 6 nitrogen and oxygen atoms in total. The lowest BCUT2D eigenvalue weighted by atomic mass is 9.96. The molecule has 1 aromatic carbocycles. The molecule has 146 valence electrons. The molecule has 29 heavy (non-hydrogen) atoms. The maximum Gasteiger partial charge on any atom is 0.229 e. The Morgan fingerprint density at radius 3 is 2.76 bits per heavy atom. The summed E-state index contributed by atoms with van der Waals surface area (Å²) in [6.07, 6.45) is 13.5. The summed E-state index contributed by atoms with van der Waals surface area (Å²) in [4.78, 5) is 14.9. The fourth-order valence-corrected chi connectivity index (χ4v) is 3.98. The third-order valence-corrected chi connectivity index (χ3v) is 5.69. The normalized spacial score (nSPS) is 21.0. The van der Waals surface area contributed by atoms with Gasteiger partial charge in [0.15, 0.2) is 5.82 Å². The minimum Gasteiger partial charge on any atom is -0.324 e. The number of anilines is 3. The number of benzene rings is 1. The molecule has 0 spiro atoms. The van der Waals surface area contributed by atoms with Crippen LogP contribution in [-0.4, -0.2) is 22.6 Å². The van der Waals surface area contributed by atoms with Crippen LogP contribution in [0.3, 0.4) is 0 Å². The van der Waals surface area contributed by atoms with E-state index in [2.05, 4.69) is 63.8 Å². The molecular weight excluding hydrogens is 362 g/mol. The molecule has 6 heteroatoms. The first kappa shape index (κ1) is 17.9. The molecule has 0 bridgehead atoms. The summed E-state index contributed by atoms with van der Waals surface area (Å²) in [5.74, 6) is 1.72. The summed E-state index contributed by atoms with van der Waals surface area (Å²) in [6.45, 7) is 0.617.